The van der Waals surface area contributed by atoms with E-state index in [4.69, 9.17) is 16.3 Å². The van der Waals surface area contributed by atoms with Crippen LogP contribution < -0.4 is 10.6 Å². The Hall–Kier alpha value is -2.42. The highest BCUT2D eigenvalue weighted by Gasteiger charge is 2.34. The molecule has 1 aromatic heterocycles. The summed E-state index contributed by atoms with van der Waals surface area (Å²) in [7, 11) is 1.56. The SMILES string of the molecule is COCCNC(=O)[C@@H](NC(=O)c1ccccc1Cl)C1CCN(C(=O)c2cccs2)CC1. The molecular formula is C22H26ClN3O4S. The Morgan fingerprint density at radius 3 is 2.58 bits per heavy atom. The second kappa shape index (κ2) is 11.3. The van der Waals surface area contributed by atoms with Gasteiger partial charge in [-0.15, -0.1) is 11.3 Å². The number of piperidine rings is 1. The Kier molecular flexibility index (Phi) is 8.45. The minimum Gasteiger partial charge on any atom is -0.383 e. The van der Waals surface area contributed by atoms with Gasteiger partial charge >= 0.3 is 0 Å². The van der Waals surface area contributed by atoms with Gasteiger partial charge in [0.05, 0.1) is 22.1 Å². The van der Waals surface area contributed by atoms with E-state index in [1.165, 1.54) is 11.3 Å². The van der Waals surface area contributed by atoms with Crippen LogP contribution in [0, 0.1) is 5.92 Å². The fraction of sp³-hybridized carbons (Fsp3) is 0.409. The lowest BCUT2D eigenvalue weighted by Crippen LogP contribution is -2.54. The molecule has 3 amide bonds. The van der Waals surface area contributed by atoms with Gasteiger partial charge in [-0.2, -0.15) is 0 Å². The number of carbonyl (C=O) groups excluding carboxylic acids is 3. The first-order valence-corrected chi connectivity index (χ1v) is 11.4. The molecule has 0 unspecified atom stereocenters. The predicted octanol–water partition coefficient (Wildman–Crippen LogP) is 2.81. The molecule has 3 rings (SSSR count). The van der Waals surface area contributed by atoms with Crippen molar-refractivity contribution in [1.82, 2.24) is 15.5 Å². The number of nitrogens with one attached hydrogen (secondary N) is 2. The highest BCUT2D eigenvalue weighted by molar-refractivity contribution is 7.12. The number of carbonyl (C=O) groups is 3. The second-order valence-electron chi connectivity index (χ2n) is 7.32. The quantitative estimate of drug-likeness (QED) is 0.589. The van der Waals surface area contributed by atoms with Crippen molar-refractivity contribution in [2.24, 2.45) is 5.92 Å². The van der Waals surface area contributed by atoms with Crippen LogP contribution >= 0.6 is 22.9 Å². The summed E-state index contributed by atoms with van der Waals surface area (Å²) in [6, 6.07) is 9.68. The van der Waals surface area contributed by atoms with Crippen molar-refractivity contribution >= 4 is 40.7 Å². The number of likely N-dealkylation sites (tertiary alicyclic amines) is 1. The molecule has 1 fully saturated rings. The fourth-order valence-electron chi connectivity index (χ4n) is 3.64. The summed E-state index contributed by atoms with van der Waals surface area (Å²) in [5.74, 6) is -0.744. The number of nitrogens with zero attached hydrogens (tertiary/aromatic N) is 1. The molecule has 0 bridgehead atoms. The average molecular weight is 464 g/mol. The van der Waals surface area contributed by atoms with Gasteiger partial charge in [0, 0.05) is 26.7 Å². The summed E-state index contributed by atoms with van der Waals surface area (Å²) in [6.07, 6.45) is 1.23. The van der Waals surface area contributed by atoms with E-state index in [-0.39, 0.29) is 17.7 Å². The molecule has 166 valence electrons. The first-order chi connectivity index (χ1) is 15.0. The molecule has 31 heavy (non-hydrogen) atoms. The van der Waals surface area contributed by atoms with Gasteiger partial charge in [0.2, 0.25) is 5.91 Å². The van der Waals surface area contributed by atoms with Crippen LogP contribution in [0.1, 0.15) is 32.9 Å². The van der Waals surface area contributed by atoms with Crippen molar-refractivity contribution in [3.63, 3.8) is 0 Å². The Labute approximate surface area is 190 Å². The van der Waals surface area contributed by atoms with Crippen LogP contribution in [0.2, 0.25) is 5.02 Å². The molecule has 2 N–H and O–H groups in total. The zero-order valence-corrected chi connectivity index (χ0v) is 18.9. The Morgan fingerprint density at radius 2 is 1.94 bits per heavy atom. The average Bonchev–Trinajstić information content (AvgIpc) is 3.32. The molecule has 9 heteroatoms. The topological polar surface area (TPSA) is 87.7 Å². The number of hydrogen-bond acceptors (Lipinski definition) is 5. The lowest BCUT2D eigenvalue weighted by molar-refractivity contribution is -0.124. The molecule has 2 heterocycles. The second-order valence-corrected chi connectivity index (χ2v) is 8.68. The molecule has 1 aromatic carbocycles. The third-order valence-electron chi connectivity index (χ3n) is 5.32. The minimum atomic E-state index is -0.723. The predicted molar refractivity (Wildman–Crippen MR) is 121 cm³/mol. The maximum absolute atomic E-state index is 12.9. The summed E-state index contributed by atoms with van der Waals surface area (Å²) in [6.45, 7) is 1.80. The van der Waals surface area contributed by atoms with Crippen LogP contribution in [-0.4, -0.2) is 62.0 Å². The standard InChI is InChI=1S/C22H26ClN3O4S/c1-30-13-10-24-21(28)19(25-20(27)16-5-2-3-6-17(16)23)15-8-11-26(12-9-15)22(29)18-7-4-14-31-18/h2-7,14-15,19H,8-13H2,1H3,(H,24,28)(H,25,27)/t19-/m0/s1. The van der Waals surface area contributed by atoms with Crippen molar-refractivity contribution in [2.75, 3.05) is 33.4 Å². The Balaban J connectivity index is 1.68. The molecule has 1 aliphatic heterocycles. The summed E-state index contributed by atoms with van der Waals surface area (Å²) in [4.78, 5) is 40.8. The number of methoxy groups -OCH3 is 1. The van der Waals surface area contributed by atoms with Gasteiger partial charge in [-0.25, -0.2) is 0 Å². The minimum absolute atomic E-state index is 0.00893. The van der Waals surface area contributed by atoms with Gasteiger partial charge in [0.1, 0.15) is 6.04 Å². The van der Waals surface area contributed by atoms with E-state index in [2.05, 4.69) is 10.6 Å². The molecule has 0 spiro atoms. The van der Waals surface area contributed by atoms with Crippen molar-refractivity contribution in [2.45, 2.75) is 18.9 Å². The summed E-state index contributed by atoms with van der Waals surface area (Å²) >= 11 is 7.57. The monoisotopic (exact) mass is 463 g/mol. The van der Waals surface area contributed by atoms with Gasteiger partial charge in [-0.1, -0.05) is 29.8 Å². The van der Waals surface area contributed by atoms with Gasteiger partial charge < -0.3 is 20.3 Å². The van der Waals surface area contributed by atoms with Gasteiger partial charge in [-0.05, 0) is 42.3 Å². The number of thiophene rings is 1. The zero-order chi connectivity index (χ0) is 22.2. The van der Waals surface area contributed by atoms with E-state index in [0.717, 1.165) is 0 Å². The smallest absolute Gasteiger partial charge is 0.263 e. The molecule has 7 nitrogen and oxygen atoms in total. The maximum atomic E-state index is 12.9. The van der Waals surface area contributed by atoms with Crippen LogP contribution in [0.5, 0.6) is 0 Å². The summed E-state index contributed by atoms with van der Waals surface area (Å²) < 4.78 is 5.00. The molecule has 1 aliphatic rings. The van der Waals surface area contributed by atoms with Crippen molar-refractivity contribution in [3.05, 3.63) is 57.2 Å². The first kappa shape index (κ1) is 23.2. The van der Waals surface area contributed by atoms with E-state index in [9.17, 15) is 14.4 Å². The zero-order valence-electron chi connectivity index (χ0n) is 17.3. The molecule has 2 aromatic rings. The van der Waals surface area contributed by atoms with E-state index in [1.807, 2.05) is 17.5 Å². The molecule has 0 saturated carbocycles. The van der Waals surface area contributed by atoms with Crippen LogP contribution in [-0.2, 0) is 9.53 Å². The molecule has 0 aliphatic carbocycles. The van der Waals surface area contributed by atoms with Crippen molar-refractivity contribution in [3.8, 4) is 0 Å². The lowest BCUT2D eigenvalue weighted by Gasteiger charge is -2.35. The number of amides is 3. The maximum Gasteiger partial charge on any atom is 0.263 e. The summed E-state index contributed by atoms with van der Waals surface area (Å²) in [5, 5.41) is 7.89. The molecule has 1 saturated heterocycles. The van der Waals surface area contributed by atoms with Gasteiger partial charge in [0.15, 0.2) is 0 Å². The fourth-order valence-corrected chi connectivity index (χ4v) is 4.55. The highest BCUT2D eigenvalue weighted by Crippen LogP contribution is 2.24. The van der Waals surface area contributed by atoms with E-state index >= 15 is 0 Å². The van der Waals surface area contributed by atoms with Crippen LogP contribution in [0.25, 0.3) is 0 Å². The summed E-state index contributed by atoms with van der Waals surface area (Å²) in [5.41, 5.74) is 0.323. The third kappa shape index (κ3) is 6.06. The number of benzene rings is 1. The van der Waals surface area contributed by atoms with Gasteiger partial charge in [-0.3, -0.25) is 14.4 Å². The third-order valence-corrected chi connectivity index (χ3v) is 6.51. The van der Waals surface area contributed by atoms with E-state index in [0.29, 0.717) is 54.5 Å². The molecule has 1 atom stereocenters. The van der Waals surface area contributed by atoms with Crippen LogP contribution in [0.3, 0.4) is 0 Å². The van der Waals surface area contributed by atoms with Crippen LogP contribution in [0.4, 0.5) is 0 Å². The van der Waals surface area contributed by atoms with E-state index < -0.39 is 11.9 Å². The number of ether oxygens (including phenoxy) is 1. The number of rotatable bonds is 8. The Bertz CT molecular complexity index is 898. The largest absolute Gasteiger partial charge is 0.383 e. The number of hydrogen-bond donors (Lipinski definition) is 2. The molecular weight excluding hydrogens is 438 g/mol. The van der Waals surface area contributed by atoms with Crippen molar-refractivity contribution in [1.29, 1.82) is 0 Å². The van der Waals surface area contributed by atoms with E-state index in [1.54, 1.807) is 36.3 Å². The normalized spacial score (nSPS) is 15.4. The van der Waals surface area contributed by atoms with Crippen LogP contribution in [0.15, 0.2) is 41.8 Å². The molecule has 0 radical (unpaired) electrons. The first-order valence-electron chi connectivity index (χ1n) is 10.2. The van der Waals surface area contributed by atoms with Crippen molar-refractivity contribution < 1.29 is 19.1 Å². The lowest BCUT2D eigenvalue weighted by atomic mass is 9.88. The highest BCUT2D eigenvalue weighted by atomic mass is 35.5. The Morgan fingerprint density at radius 1 is 1.19 bits per heavy atom. The number of halogens is 1. The van der Waals surface area contributed by atoms with Gasteiger partial charge in [0.25, 0.3) is 11.8 Å².